The first-order valence-electron chi connectivity index (χ1n) is 6.87. The number of nitro benzene ring substituents is 1. The highest BCUT2D eigenvalue weighted by atomic mass is 16.6. The van der Waals surface area contributed by atoms with Crippen LogP contribution in [0, 0.1) is 10.1 Å². The quantitative estimate of drug-likeness (QED) is 0.362. The number of carbonyl (C=O) groups is 2. The number of hydrogen-bond acceptors (Lipinski definition) is 5. The lowest BCUT2D eigenvalue weighted by Gasteiger charge is -2.03. The summed E-state index contributed by atoms with van der Waals surface area (Å²) in [6.45, 7) is -0.451. The van der Waals surface area contributed by atoms with Gasteiger partial charge in [-0.2, -0.15) is 0 Å². The lowest BCUT2D eigenvalue weighted by atomic mass is 10.1. The maximum atomic E-state index is 12.0. The number of carboxylic acid groups (broad SMARTS) is 1. The minimum absolute atomic E-state index is 0.0181. The Bertz CT molecular complexity index is 778. The third-order valence-electron chi connectivity index (χ3n) is 3.03. The van der Waals surface area contributed by atoms with E-state index in [0.717, 1.165) is 0 Å². The molecule has 122 valence electrons. The normalized spacial score (nSPS) is 10.5. The Labute approximate surface area is 137 Å². The van der Waals surface area contributed by atoms with Crippen molar-refractivity contribution in [1.29, 1.82) is 0 Å². The van der Waals surface area contributed by atoms with Gasteiger partial charge in [-0.25, -0.2) is 4.79 Å². The van der Waals surface area contributed by atoms with E-state index in [1.54, 1.807) is 18.2 Å². The number of allylic oxidation sites excluding steroid dienone is 1. The molecule has 2 aromatic carbocycles. The number of nitrogens with zero attached hydrogens (tertiary/aromatic N) is 1. The summed E-state index contributed by atoms with van der Waals surface area (Å²) in [6.07, 6.45) is 2.91. The van der Waals surface area contributed by atoms with Crippen LogP contribution in [0.15, 0.2) is 54.6 Å². The van der Waals surface area contributed by atoms with E-state index in [2.05, 4.69) is 0 Å². The van der Waals surface area contributed by atoms with E-state index in [1.165, 1.54) is 42.5 Å². The number of rotatable bonds is 7. The molecule has 7 heteroatoms. The van der Waals surface area contributed by atoms with Crippen LogP contribution in [0.2, 0.25) is 0 Å². The maximum absolute atomic E-state index is 12.0. The Kier molecular flexibility index (Phi) is 5.40. The van der Waals surface area contributed by atoms with Gasteiger partial charge in [0.1, 0.15) is 5.75 Å². The van der Waals surface area contributed by atoms with Crippen LogP contribution >= 0.6 is 0 Å². The van der Waals surface area contributed by atoms with Crippen LogP contribution in [0.1, 0.15) is 15.9 Å². The zero-order chi connectivity index (χ0) is 17.5. The van der Waals surface area contributed by atoms with E-state index in [-0.39, 0.29) is 11.5 Å². The smallest absolute Gasteiger partial charge is 0.341 e. The molecular formula is C17H13NO6. The summed E-state index contributed by atoms with van der Waals surface area (Å²) < 4.78 is 4.98. The highest BCUT2D eigenvalue weighted by Crippen LogP contribution is 2.15. The molecular weight excluding hydrogens is 314 g/mol. The summed E-state index contributed by atoms with van der Waals surface area (Å²) in [6, 6.07) is 11.9. The van der Waals surface area contributed by atoms with Crippen LogP contribution in [0.5, 0.6) is 5.75 Å². The van der Waals surface area contributed by atoms with Crippen molar-refractivity contribution in [2.45, 2.75) is 0 Å². The molecule has 24 heavy (non-hydrogen) atoms. The molecule has 0 amide bonds. The standard InChI is InChI=1S/C17H13NO6/c19-16(10-3-12-1-6-14(7-2-12)18(22)23)13-4-8-15(9-5-13)24-11-17(20)21/h1-10H,11H2,(H,20,21)/b10-3+. The predicted octanol–water partition coefficient (Wildman–Crippen LogP) is 2.95. The summed E-state index contributed by atoms with van der Waals surface area (Å²) in [5.74, 6) is -0.979. The number of hydrogen-bond donors (Lipinski definition) is 1. The van der Waals surface area contributed by atoms with Gasteiger partial charge in [-0.15, -0.1) is 0 Å². The number of carboxylic acids is 1. The van der Waals surface area contributed by atoms with E-state index in [1.807, 2.05) is 0 Å². The summed E-state index contributed by atoms with van der Waals surface area (Å²) in [5.41, 5.74) is 1.06. The summed E-state index contributed by atoms with van der Waals surface area (Å²) in [7, 11) is 0. The molecule has 0 bridgehead atoms. The fourth-order valence-electron chi connectivity index (χ4n) is 1.84. The lowest BCUT2D eigenvalue weighted by Crippen LogP contribution is -2.09. The average molecular weight is 327 g/mol. The molecule has 0 aliphatic rings. The number of ether oxygens (including phenoxy) is 1. The van der Waals surface area contributed by atoms with Gasteiger partial charge in [0, 0.05) is 17.7 Å². The second kappa shape index (κ2) is 7.68. The minimum atomic E-state index is -1.08. The molecule has 0 fully saturated rings. The van der Waals surface area contributed by atoms with Crippen molar-refractivity contribution in [1.82, 2.24) is 0 Å². The number of non-ortho nitro benzene ring substituents is 1. The van der Waals surface area contributed by atoms with Crippen LogP contribution in [-0.2, 0) is 4.79 Å². The molecule has 0 atom stereocenters. The monoisotopic (exact) mass is 327 g/mol. The molecule has 0 saturated carbocycles. The van der Waals surface area contributed by atoms with Gasteiger partial charge >= 0.3 is 5.97 Å². The van der Waals surface area contributed by atoms with Crippen molar-refractivity contribution in [3.05, 3.63) is 75.8 Å². The molecule has 0 saturated heterocycles. The van der Waals surface area contributed by atoms with E-state index in [9.17, 15) is 19.7 Å². The first-order chi connectivity index (χ1) is 11.5. The highest BCUT2D eigenvalue weighted by Gasteiger charge is 2.05. The Hall–Kier alpha value is -3.48. The number of carbonyl (C=O) groups excluding carboxylic acids is 1. The molecule has 0 spiro atoms. The molecule has 0 unspecified atom stereocenters. The maximum Gasteiger partial charge on any atom is 0.341 e. The molecule has 0 aliphatic heterocycles. The minimum Gasteiger partial charge on any atom is -0.482 e. The van der Waals surface area contributed by atoms with Crippen LogP contribution in [0.3, 0.4) is 0 Å². The van der Waals surface area contributed by atoms with Gasteiger partial charge in [0.05, 0.1) is 4.92 Å². The van der Waals surface area contributed by atoms with Crippen molar-refractivity contribution in [2.75, 3.05) is 6.61 Å². The molecule has 0 heterocycles. The highest BCUT2D eigenvalue weighted by molar-refractivity contribution is 6.06. The first-order valence-corrected chi connectivity index (χ1v) is 6.87. The SMILES string of the molecule is O=C(O)COc1ccc(C(=O)/C=C/c2ccc([N+](=O)[O-])cc2)cc1. The third kappa shape index (κ3) is 4.77. The van der Waals surface area contributed by atoms with Crippen molar-refractivity contribution in [3.63, 3.8) is 0 Å². The van der Waals surface area contributed by atoms with Crippen molar-refractivity contribution in [2.24, 2.45) is 0 Å². The van der Waals surface area contributed by atoms with E-state index in [4.69, 9.17) is 9.84 Å². The first kappa shape index (κ1) is 16.9. The lowest BCUT2D eigenvalue weighted by molar-refractivity contribution is -0.384. The number of benzene rings is 2. The number of ketones is 1. The fourth-order valence-corrected chi connectivity index (χ4v) is 1.84. The van der Waals surface area contributed by atoms with Gasteiger partial charge in [-0.05, 0) is 48.0 Å². The van der Waals surface area contributed by atoms with E-state index in [0.29, 0.717) is 16.9 Å². The van der Waals surface area contributed by atoms with Crippen LogP contribution in [0.4, 0.5) is 5.69 Å². The third-order valence-corrected chi connectivity index (χ3v) is 3.03. The van der Waals surface area contributed by atoms with Crippen LogP contribution in [0.25, 0.3) is 6.08 Å². The molecule has 0 aromatic heterocycles. The second-order valence-electron chi connectivity index (χ2n) is 4.75. The fraction of sp³-hybridized carbons (Fsp3) is 0.0588. The van der Waals surface area contributed by atoms with Gasteiger partial charge in [0.15, 0.2) is 12.4 Å². The summed E-state index contributed by atoms with van der Waals surface area (Å²) in [4.78, 5) is 32.5. The molecule has 0 aliphatic carbocycles. The molecule has 1 N–H and O–H groups in total. The summed E-state index contributed by atoms with van der Waals surface area (Å²) in [5, 5.41) is 19.1. The van der Waals surface area contributed by atoms with Crippen molar-refractivity contribution >= 4 is 23.5 Å². The largest absolute Gasteiger partial charge is 0.482 e. The Morgan fingerprint density at radius 3 is 2.25 bits per heavy atom. The van der Waals surface area contributed by atoms with Crippen LogP contribution < -0.4 is 4.74 Å². The topological polar surface area (TPSA) is 107 Å². The summed E-state index contributed by atoms with van der Waals surface area (Å²) >= 11 is 0. The van der Waals surface area contributed by atoms with Gasteiger partial charge in [0.2, 0.25) is 0 Å². The van der Waals surface area contributed by atoms with Gasteiger partial charge in [-0.3, -0.25) is 14.9 Å². The number of nitro groups is 1. The average Bonchev–Trinajstić information content (AvgIpc) is 2.58. The molecule has 0 radical (unpaired) electrons. The van der Waals surface area contributed by atoms with E-state index >= 15 is 0 Å². The van der Waals surface area contributed by atoms with Gasteiger partial charge in [-0.1, -0.05) is 6.08 Å². The zero-order valence-corrected chi connectivity index (χ0v) is 12.4. The van der Waals surface area contributed by atoms with E-state index < -0.39 is 17.5 Å². The van der Waals surface area contributed by atoms with Gasteiger partial charge in [0.25, 0.3) is 5.69 Å². The van der Waals surface area contributed by atoms with Crippen molar-refractivity contribution < 1.29 is 24.4 Å². The Morgan fingerprint density at radius 1 is 1.08 bits per heavy atom. The van der Waals surface area contributed by atoms with Crippen molar-refractivity contribution in [3.8, 4) is 5.75 Å². The molecule has 2 aromatic rings. The van der Waals surface area contributed by atoms with Crippen LogP contribution in [-0.4, -0.2) is 28.4 Å². The van der Waals surface area contributed by atoms with Gasteiger partial charge < -0.3 is 9.84 Å². The Morgan fingerprint density at radius 2 is 1.71 bits per heavy atom. The second-order valence-corrected chi connectivity index (χ2v) is 4.75. The zero-order valence-electron chi connectivity index (χ0n) is 12.4. The Balaban J connectivity index is 2.00. The molecule has 2 rings (SSSR count). The number of aliphatic carboxylic acids is 1. The molecule has 7 nitrogen and oxygen atoms in total. The predicted molar refractivity (Wildman–Crippen MR) is 86.0 cm³/mol.